The molecule has 0 atom stereocenters. The number of nitrogens with zero attached hydrogens (tertiary/aromatic N) is 1. The molecule has 41 heavy (non-hydrogen) atoms. The zero-order chi connectivity index (χ0) is 28.8. The third-order valence-electron chi connectivity index (χ3n) is 6.66. The summed E-state index contributed by atoms with van der Waals surface area (Å²) in [5.41, 5.74) is 3.71. The van der Waals surface area contributed by atoms with Crippen LogP contribution in [0.25, 0.3) is 0 Å². The van der Waals surface area contributed by atoms with Gasteiger partial charge in [-0.3, -0.25) is 9.59 Å². The van der Waals surface area contributed by atoms with E-state index in [9.17, 15) is 18.0 Å². The summed E-state index contributed by atoms with van der Waals surface area (Å²) in [5, 5.41) is 2.80. The largest absolute Gasteiger partial charge is 0.497 e. The number of hydrogen-bond acceptors (Lipinski definition) is 6. The van der Waals surface area contributed by atoms with Gasteiger partial charge in [0.2, 0.25) is 10.0 Å². The molecule has 9 nitrogen and oxygen atoms in total. The number of benzene rings is 4. The maximum atomic E-state index is 13.1. The van der Waals surface area contributed by atoms with E-state index in [2.05, 4.69) is 10.0 Å². The second kappa shape index (κ2) is 12.2. The van der Waals surface area contributed by atoms with Gasteiger partial charge in [0.05, 0.1) is 12.0 Å². The number of carbonyl (C=O) groups is 2. The summed E-state index contributed by atoms with van der Waals surface area (Å²) in [5.74, 6) is 0.510. The fourth-order valence-electron chi connectivity index (χ4n) is 4.48. The lowest BCUT2D eigenvalue weighted by atomic mass is 10.1. The minimum atomic E-state index is -3.70. The van der Waals surface area contributed by atoms with Crippen molar-refractivity contribution in [3.8, 4) is 11.5 Å². The van der Waals surface area contributed by atoms with Gasteiger partial charge in [-0.1, -0.05) is 36.4 Å². The van der Waals surface area contributed by atoms with Crippen molar-refractivity contribution >= 4 is 33.2 Å². The Kier molecular flexibility index (Phi) is 8.32. The molecule has 210 valence electrons. The Morgan fingerprint density at radius 3 is 2.29 bits per heavy atom. The molecule has 2 amide bonds. The average molecular weight is 572 g/mol. The van der Waals surface area contributed by atoms with Gasteiger partial charge in [-0.2, -0.15) is 0 Å². The van der Waals surface area contributed by atoms with Crippen LogP contribution in [-0.4, -0.2) is 40.5 Å². The molecule has 4 aromatic carbocycles. The van der Waals surface area contributed by atoms with Crippen LogP contribution in [0, 0.1) is 0 Å². The summed E-state index contributed by atoms with van der Waals surface area (Å²) in [4.78, 5) is 27.5. The Morgan fingerprint density at radius 2 is 1.59 bits per heavy atom. The van der Waals surface area contributed by atoms with E-state index in [0.717, 1.165) is 23.2 Å². The highest BCUT2D eigenvalue weighted by molar-refractivity contribution is 7.89. The third-order valence-corrected chi connectivity index (χ3v) is 8.08. The highest BCUT2D eigenvalue weighted by Crippen LogP contribution is 2.32. The highest BCUT2D eigenvalue weighted by atomic mass is 32.2. The first-order chi connectivity index (χ1) is 19.8. The molecule has 1 aliphatic heterocycles. The molecule has 1 heterocycles. The van der Waals surface area contributed by atoms with E-state index in [1.54, 1.807) is 48.4 Å². The fraction of sp³-hybridized carbons (Fsp3) is 0.161. The Balaban J connectivity index is 1.16. The van der Waals surface area contributed by atoms with Gasteiger partial charge in [0.15, 0.2) is 6.61 Å². The van der Waals surface area contributed by atoms with Crippen LogP contribution in [0.3, 0.4) is 0 Å². The zero-order valence-corrected chi connectivity index (χ0v) is 23.2. The monoisotopic (exact) mass is 571 g/mol. The van der Waals surface area contributed by atoms with Crippen molar-refractivity contribution in [3.63, 3.8) is 0 Å². The molecule has 2 N–H and O–H groups in total. The second-order valence-corrected chi connectivity index (χ2v) is 11.2. The lowest BCUT2D eigenvalue weighted by molar-refractivity contribution is -0.118. The van der Waals surface area contributed by atoms with Gasteiger partial charge in [-0.05, 0) is 78.2 Å². The molecule has 0 aliphatic carbocycles. The lowest BCUT2D eigenvalue weighted by Crippen LogP contribution is -2.29. The van der Waals surface area contributed by atoms with Gasteiger partial charge in [0.1, 0.15) is 11.5 Å². The van der Waals surface area contributed by atoms with Crippen LogP contribution in [0.2, 0.25) is 0 Å². The third kappa shape index (κ3) is 6.74. The predicted molar refractivity (Wildman–Crippen MR) is 156 cm³/mol. The van der Waals surface area contributed by atoms with Crippen LogP contribution < -0.4 is 24.4 Å². The first kappa shape index (κ1) is 27.9. The van der Waals surface area contributed by atoms with Gasteiger partial charge < -0.3 is 19.7 Å². The molecular weight excluding hydrogens is 542 g/mol. The Hall–Kier alpha value is -4.67. The number of nitrogens with one attached hydrogen (secondary N) is 2. The number of hydrogen-bond donors (Lipinski definition) is 2. The molecule has 0 unspecified atom stereocenters. The number of sulfonamides is 1. The maximum Gasteiger partial charge on any atom is 0.262 e. The number of ether oxygens (including phenoxy) is 2. The van der Waals surface area contributed by atoms with Crippen LogP contribution in [0.5, 0.6) is 11.5 Å². The summed E-state index contributed by atoms with van der Waals surface area (Å²) in [6.45, 7) is 0.454. The highest BCUT2D eigenvalue weighted by Gasteiger charge is 2.26. The van der Waals surface area contributed by atoms with Crippen molar-refractivity contribution in [1.29, 1.82) is 0 Å². The second-order valence-electron chi connectivity index (χ2n) is 9.40. The van der Waals surface area contributed by atoms with Gasteiger partial charge >= 0.3 is 0 Å². The van der Waals surface area contributed by atoms with Crippen LogP contribution in [-0.2, 0) is 27.8 Å². The van der Waals surface area contributed by atoms with Crippen LogP contribution >= 0.6 is 0 Å². The van der Waals surface area contributed by atoms with Crippen molar-refractivity contribution in [2.24, 2.45) is 0 Å². The first-order valence-corrected chi connectivity index (χ1v) is 14.5. The quantitative estimate of drug-likeness (QED) is 0.292. The fourth-order valence-corrected chi connectivity index (χ4v) is 5.49. The van der Waals surface area contributed by atoms with E-state index in [1.165, 1.54) is 24.3 Å². The zero-order valence-electron chi connectivity index (χ0n) is 22.4. The first-order valence-electron chi connectivity index (χ1n) is 13.0. The van der Waals surface area contributed by atoms with Crippen molar-refractivity contribution in [2.45, 2.75) is 17.9 Å². The SMILES string of the molecule is COc1ccc(C(=O)N2CCc3ccc(NC(=O)COc4ccc(S(=O)(=O)NCc5ccccc5)cc4)cc32)cc1. The van der Waals surface area contributed by atoms with Crippen molar-refractivity contribution in [1.82, 2.24) is 4.72 Å². The maximum absolute atomic E-state index is 13.1. The molecule has 1 aliphatic rings. The summed E-state index contributed by atoms with van der Waals surface area (Å²) >= 11 is 0. The van der Waals surface area contributed by atoms with E-state index in [4.69, 9.17) is 9.47 Å². The number of methoxy groups -OCH3 is 1. The number of rotatable bonds is 10. The Labute approximate surface area is 238 Å². The molecule has 0 spiro atoms. The average Bonchev–Trinajstić information content (AvgIpc) is 3.43. The molecule has 0 saturated heterocycles. The minimum Gasteiger partial charge on any atom is -0.497 e. The van der Waals surface area contributed by atoms with Crippen molar-refractivity contribution < 1.29 is 27.5 Å². The predicted octanol–water partition coefficient (Wildman–Crippen LogP) is 4.39. The Morgan fingerprint density at radius 1 is 0.878 bits per heavy atom. The van der Waals surface area contributed by atoms with Gasteiger partial charge in [-0.25, -0.2) is 13.1 Å². The van der Waals surface area contributed by atoms with E-state index in [-0.39, 0.29) is 24.0 Å². The van der Waals surface area contributed by atoms with E-state index in [0.29, 0.717) is 29.3 Å². The summed E-state index contributed by atoms with van der Waals surface area (Å²) in [6.07, 6.45) is 0.724. The summed E-state index contributed by atoms with van der Waals surface area (Å²) < 4.78 is 38.5. The molecule has 0 bridgehead atoms. The minimum absolute atomic E-state index is 0.0946. The number of carbonyl (C=O) groups excluding carboxylic acids is 2. The molecule has 0 fully saturated rings. The van der Waals surface area contributed by atoms with Crippen LogP contribution in [0.4, 0.5) is 11.4 Å². The van der Waals surface area contributed by atoms with Crippen LogP contribution in [0.15, 0.2) is 102 Å². The number of fused-ring (bicyclic) bond motifs is 1. The molecule has 4 aromatic rings. The van der Waals surface area contributed by atoms with E-state index < -0.39 is 15.9 Å². The molecule has 0 aromatic heterocycles. The normalized spacial score (nSPS) is 12.5. The number of amides is 2. The summed E-state index contributed by atoms with van der Waals surface area (Å²) in [6, 6.07) is 27.5. The smallest absolute Gasteiger partial charge is 0.262 e. The van der Waals surface area contributed by atoms with Crippen LogP contribution in [0.1, 0.15) is 21.5 Å². The Bertz CT molecular complexity index is 1640. The molecule has 10 heteroatoms. The molecular formula is C31H29N3O6S. The summed E-state index contributed by atoms with van der Waals surface area (Å²) in [7, 11) is -2.13. The van der Waals surface area contributed by atoms with E-state index >= 15 is 0 Å². The van der Waals surface area contributed by atoms with Gasteiger partial charge in [0.25, 0.3) is 11.8 Å². The number of anilines is 2. The van der Waals surface area contributed by atoms with Gasteiger partial charge in [-0.15, -0.1) is 0 Å². The topological polar surface area (TPSA) is 114 Å². The standard InChI is InChI=1S/C31H29N3O6S/c1-39-26-11-8-24(9-12-26)31(36)34-18-17-23-7-10-25(19-29(23)34)33-30(35)21-40-27-13-15-28(16-14-27)41(37,38)32-20-22-5-3-2-4-6-22/h2-16,19,32H,17-18,20-21H2,1H3,(H,33,35). The molecule has 0 radical (unpaired) electrons. The molecule has 5 rings (SSSR count). The van der Waals surface area contributed by atoms with E-state index in [1.807, 2.05) is 36.4 Å². The lowest BCUT2D eigenvalue weighted by Gasteiger charge is -2.18. The van der Waals surface area contributed by atoms with Crippen molar-refractivity contribution in [2.75, 3.05) is 30.5 Å². The van der Waals surface area contributed by atoms with Crippen molar-refractivity contribution in [3.05, 3.63) is 114 Å². The molecule has 0 saturated carbocycles. The van der Waals surface area contributed by atoms with Gasteiger partial charge in [0, 0.05) is 30.0 Å².